The molecule has 0 radical (unpaired) electrons. The van der Waals surface area contributed by atoms with E-state index in [4.69, 9.17) is 0 Å². The second-order valence-electron chi connectivity index (χ2n) is 5.78. The third-order valence-electron chi connectivity index (χ3n) is 3.82. The van der Waals surface area contributed by atoms with E-state index in [0.29, 0.717) is 11.8 Å². The predicted molar refractivity (Wildman–Crippen MR) is 83.8 cm³/mol. The van der Waals surface area contributed by atoms with Crippen molar-refractivity contribution in [2.75, 3.05) is 5.32 Å². The molecule has 108 valence electrons. The van der Waals surface area contributed by atoms with Crippen LogP contribution in [0.25, 0.3) is 0 Å². The van der Waals surface area contributed by atoms with Crippen molar-refractivity contribution in [3.05, 3.63) is 42.1 Å². The Hall–Kier alpha value is -1.77. The summed E-state index contributed by atoms with van der Waals surface area (Å²) in [6.45, 7) is 4.31. The van der Waals surface area contributed by atoms with Crippen LogP contribution in [0.1, 0.15) is 51.0 Å². The predicted octanol–water partition coefficient (Wildman–Crippen LogP) is 4.64. The molecular formula is C17H24N2O. The molecular weight excluding hydrogens is 248 g/mol. The minimum Gasteiger partial charge on any atom is -0.315 e. The molecule has 0 spiro atoms. The zero-order chi connectivity index (χ0) is 14.4. The second-order valence-corrected chi connectivity index (χ2v) is 5.78. The molecule has 1 aliphatic carbocycles. The van der Waals surface area contributed by atoms with Crippen molar-refractivity contribution < 1.29 is 4.79 Å². The van der Waals surface area contributed by atoms with Crippen LogP contribution >= 0.6 is 0 Å². The van der Waals surface area contributed by atoms with Gasteiger partial charge in [-0.15, -0.1) is 0 Å². The van der Waals surface area contributed by atoms with Gasteiger partial charge in [0.15, 0.2) is 0 Å². The summed E-state index contributed by atoms with van der Waals surface area (Å²) in [5, 5.41) is 5.60. The average molecular weight is 272 g/mol. The van der Waals surface area contributed by atoms with E-state index in [9.17, 15) is 4.79 Å². The van der Waals surface area contributed by atoms with Crippen LogP contribution in [0.4, 0.5) is 10.5 Å². The van der Waals surface area contributed by atoms with E-state index >= 15 is 0 Å². The molecule has 1 fully saturated rings. The minimum absolute atomic E-state index is 0.184. The van der Waals surface area contributed by atoms with Crippen LogP contribution in [0.5, 0.6) is 0 Å². The van der Waals surface area contributed by atoms with E-state index in [1.807, 2.05) is 12.1 Å². The number of hydrogen-bond donors (Lipinski definition) is 2. The molecule has 2 amide bonds. The van der Waals surface area contributed by atoms with E-state index < -0.39 is 0 Å². The Morgan fingerprint density at radius 3 is 2.45 bits per heavy atom. The van der Waals surface area contributed by atoms with Crippen LogP contribution in [0, 0.1) is 5.92 Å². The maximum Gasteiger partial charge on any atom is 0.323 e. The topological polar surface area (TPSA) is 41.1 Å². The summed E-state index contributed by atoms with van der Waals surface area (Å²) in [6.07, 6.45) is 8.99. The number of nitrogens with one attached hydrogen (secondary N) is 2. The van der Waals surface area contributed by atoms with Gasteiger partial charge in [-0.25, -0.2) is 4.79 Å². The molecule has 2 N–H and O–H groups in total. The van der Waals surface area contributed by atoms with Crippen LogP contribution < -0.4 is 10.6 Å². The number of hydrogen-bond acceptors (Lipinski definition) is 1. The normalized spacial score (nSPS) is 15.9. The third kappa shape index (κ3) is 4.41. The highest BCUT2D eigenvalue weighted by molar-refractivity contribution is 5.89. The molecule has 0 aliphatic heterocycles. The van der Waals surface area contributed by atoms with Crippen molar-refractivity contribution in [3.8, 4) is 0 Å². The summed E-state index contributed by atoms with van der Waals surface area (Å²) < 4.78 is 0. The summed E-state index contributed by atoms with van der Waals surface area (Å²) in [5.41, 5.74) is 2.10. The molecule has 20 heavy (non-hydrogen) atoms. The number of rotatable bonds is 4. The highest BCUT2D eigenvalue weighted by atomic mass is 16.2. The van der Waals surface area contributed by atoms with Crippen LogP contribution in [-0.4, -0.2) is 6.03 Å². The standard InChI is InChI=1S/C17H24N2O/c1-13(2)15-7-9-16(10-8-15)19-17(20)18-12-11-14-5-3-4-6-14/h7-14H,3-6H2,1-2H3,(H2,18,19,20)/b12-11+. The van der Waals surface area contributed by atoms with Gasteiger partial charge in [-0.1, -0.05) is 44.9 Å². The Labute approximate surface area is 121 Å². The Balaban J connectivity index is 1.78. The molecule has 1 aromatic carbocycles. The van der Waals surface area contributed by atoms with Crippen LogP contribution in [0.2, 0.25) is 0 Å². The Bertz CT molecular complexity index is 456. The summed E-state index contributed by atoms with van der Waals surface area (Å²) in [7, 11) is 0. The number of benzene rings is 1. The quantitative estimate of drug-likeness (QED) is 0.824. The van der Waals surface area contributed by atoms with E-state index in [-0.39, 0.29) is 6.03 Å². The van der Waals surface area contributed by atoms with Gasteiger partial charge in [-0.2, -0.15) is 0 Å². The van der Waals surface area contributed by atoms with Gasteiger partial charge < -0.3 is 10.6 Å². The average Bonchev–Trinajstić information content (AvgIpc) is 2.92. The van der Waals surface area contributed by atoms with Gasteiger partial charge in [0.2, 0.25) is 0 Å². The van der Waals surface area contributed by atoms with Gasteiger partial charge in [0, 0.05) is 11.9 Å². The van der Waals surface area contributed by atoms with Crippen LogP contribution in [-0.2, 0) is 0 Å². The maximum atomic E-state index is 11.7. The lowest BCUT2D eigenvalue weighted by atomic mass is 10.0. The highest BCUT2D eigenvalue weighted by Crippen LogP contribution is 2.25. The Kier molecular flexibility index (Phi) is 5.22. The fourth-order valence-electron chi connectivity index (χ4n) is 2.53. The Morgan fingerprint density at radius 1 is 1.20 bits per heavy atom. The molecule has 0 unspecified atom stereocenters. The van der Waals surface area contributed by atoms with Crippen molar-refractivity contribution in [1.82, 2.24) is 5.32 Å². The van der Waals surface area contributed by atoms with Crippen molar-refractivity contribution in [1.29, 1.82) is 0 Å². The molecule has 3 heteroatoms. The maximum absolute atomic E-state index is 11.7. The van der Waals surface area contributed by atoms with Gasteiger partial charge in [0.1, 0.15) is 0 Å². The number of carbonyl (C=O) groups is 1. The van der Waals surface area contributed by atoms with E-state index in [1.165, 1.54) is 31.2 Å². The first-order valence-corrected chi connectivity index (χ1v) is 7.49. The lowest BCUT2D eigenvalue weighted by molar-refractivity contribution is 0.255. The highest BCUT2D eigenvalue weighted by Gasteiger charge is 2.11. The summed E-state index contributed by atoms with van der Waals surface area (Å²) >= 11 is 0. The number of allylic oxidation sites excluding steroid dienone is 1. The largest absolute Gasteiger partial charge is 0.323 e. The van der Waals surface area contributed by atoms with Crippen LogP contribution in [0.3, 0.4) is 0 Å². The van der Waals surface area contributed by atoms with Gasteiger partial charge in [0.05, 0.1) is 0 Å². The number of amides is 2. The SMILES string of the molecule is CC(C)c1ccc(NC(=O)N/C=C/C2CCCC2)cc1. The summed E-state index contributed by atoms with van der Waals surface area (Å²) in [4.78, 5) is 11.7. The van der Waals surface area contributed by atoms with Crippen molar-refractivity contribution >= 4 is 11.7 Å². The number of anilines is 1. The first-order valence-electron chi connectivity index (χ1n) is 7.49. The van der Waals surface area contributed by atoms with Gasteiger partial charge >= 0.3 is 6.03 Å². The first kappa shape index (κ1) is 14.6. The molecule has 0 heterocycles. The fraction of sp³-hybridized carbons (Fsp3) is 0.471. The Morgan fingerprint density at radius 2 is 1.85 bits per heavy atom. The second kappa shape index (κ2) is 7.13. The molecule has 1 saturated carbocycles. The number of carbonyl (C=O) groups excluding carboxylic acids is 1. The minimum atomic E-state index is -0.184. The molecule has 1 aromatic rings. The summed E-state index contributed by atoms with van der Waals surface area (Å²) in [6, 6.07) is 7.80. The molecule has 0 aromatic heterocycles. The monoisotopic (exact) mass is 272 g/mol. The van der Waals surface area contributed by atoms with Gasteiger partial charge in [-0.05, 0) is 42.4 Å². The smallest absolute Gasteiger partial charge is 0.315 e. The molecule has 0 bridgehead atoms. The molecule has 0 atom stereocenters. The lowest BCUT2D eigenvalue weighted by Crippen LogP contribution is -2.23. The zero-order valence-corrected chi connectivity index (χ0v) is 12.4. The molecule has 3 nitrogen and oxygen atoms in total. The van der Waals surface area contributed by atoms with Gasteiger partial charge in [-0.3, -0.25) is 0 Å². The summed E-state index contributed by atoms with van der Waals surface area (Å²) in [5.74, 6) is 1.15. The molecule has 2 rings (SSSR count). The van der Waals surface area contributed by atoms with Gasteiger partial charge in [0.25, 0.3) is 0 Å². The third-order valence-corrected chi connectivity index (χ3v) is 3.82. The first-order chi connectivity index (χ1) is 9.65. The molecule has 1 aliphatic rings. The lowest BCUT2D eigenvalue weighted by Gasteiger charge is -2.08. The van der Waals surface area contributed by atoms with Crippen molar-refractivity contribution in [2.45, 2.75) is 45.4 Å². The van der Waals surface area contributed by atoms with E-state index in [0.717, 1.165) is 5.69 Å². The number of urea groups is 1. The van der Waals surface area contributed by atoms with E-state index in [1.54, 1.807) is 6.20 Å². The van der Waals surface area contributed by atoms with Crippen molar-refractivity contribution in [3.63, 3.8) is 0 Å². The molecule has 0 saturated heterocycles. The fourth-order valence-corrected chi connectivity index (χ4v) is 2.53. The van der Waals surface area contributed by atoms with Crippen LogP contribution in [0.15, 0.2) is 36.5 Å². The van der Waals surface area contributed by atoms with E-state index in [2.05, 4.69) is 42.7 Å². The zero-order valence-electron chi connectivity index (χ0n) is 12.4. The van der Waals surface area contributed by atoms with Crippen molar-refractivity contribution in [2.24, 2.45) is 5.92 Å².